The van der Waals surface area contributed by atoms with Crippen molar-refractivity contribution in [1.29, 1.82) is 0 Å². The summed E-state index contributed by atoms with van der Waals surface area (Å²) in [5.74, 6) is 0.0894. The van der Waals surface area contributed by atoms with E-state index >= 15 is 0 Å². The van der Waals surface area contributed by atoms with E-state index < -0.39 is 0 Å². The molecule has 172 valence electrons. The number of aromatic nitrogens is 1. The van der Waals surface area contributed by atoms with E-state index in [0.717, 1.165) is 62.6 Å². The van der Waals surface area contributed by atoms with Gasteiger partial charge in [-0.25, -0.2) is 8.70 Å². The van der Waals surface area contributed by atoms with Crippen LogP contribution in [0, 0.1) is 21.7 Å². The molecule has 32 heavy (non-hydrogen) atoms. The van der Waals surface area contributed by atoms with Gasteiger partial charge in [0.1, 0.15) is 5.82 Å². The number of hydrogen-bond acceptors (Lipinski definition) is 7. The minimum Gasteiger partial charge on any atom is -0.347 e. The van der Waals surface area contributed by atoms with Crippen LogP contribution in [0.4, 0.5) is 4.39 Å². The van der Waals surface area contributed by atoms with E-state index in [1.54, 1.807) is 24.1 Å². The first-order valence-electron chi connectivity index (χ1n) is 10.8. The van der Waals surface area contributed by atoms with Crippen LogP contribution in [-0.4, -0.2) is 58.1 Å². The van der Waals surface area contributed by atoms with Crippen molar-refractivity contribution in [3.05, 3.63) is 63.5 Å². The third kappa shape index (κ3) is 5.90. The topological polar surface area (TPSA) is 79.7 Å². The first-order valence-corrected chi connectivity index (χ1v) is 11.6. The van der Waals surface area contributed by atoms with Crippen molar-refractivity contribution in [2.75, 3.05) is 32.7 Å². The molecule has 1 aromatic heterocycles. The number of benzene rings is 1. The molecular formula is C23H28FN3O4S. The van der Waals surface area contributed by atoms with Crippen LogP contribution in [0.5, 0.6) is 0 Å². The summed E-state index contributed by atoms with van der Waals surface area (Å²) in [5.41, 5.74) is 1.44. The van der Waals surface area contributed by atoms with Crippen LogP contribution in [0.2, 0.25) is 0 Å². The Bertz CT molecular complexity index is 926. The van der Waals surface area contributed by atoms with Crippen LogP contribution in [0.25, 0.3) is 0 Å². The van der Waals surface area contributed by atoms with Crippen LogP contribution in [0.1, 0.15) is 46.5 Å². The Kier molecular flexibility index (Phi) is 8.72. The summed E-state index contributed by atoms with van der Waals surface area (Å²) in [7, 11) is 1.93. The summed E-state index contributed by atoms with van der Waals surface area (Å²) in [6.07, 6.45) is 5.28. The zero-order valence-corrected chi connectivity index (χ0v) is 19.0. The summed E-state index contributed by atoms with van der Waals surface area (Å²) in [4.78, 5) is 42.4. The molecule has 4 rings (SSSR count). The first-order chi connectivity index (χ1) is 15.5. The highest BCUT2D eigenvalue weighted by Gasteiger charge is 2.26. The molecule has 0 bridgehead atoms. The van der Waals surface area contributed by atoms with E-state index in [0.29, 0.717) is 12.0 Å². The number of piperidine rings is 1. The molecular weight excluding hydrogens is 433 g/mol. The quantitative estimate of drug-likeness (QED) is 0.473. The number of halogens is 1. The van der Waals surface area contributed by atoms with Crippen LogP contribution < -0.4 is 0 Å². The molecule has 0 N–H and O–H groups in total. The Morgan fingerprint density at radius 2 is 1.75 bits per heavy atom. The number of aryl methyl sites for hydroxylation is 1. The summed E-state index contributed by atoms with van der Waals surface area (Å²) >= 11 is 1.69. The van der Waals surface area contributed by atoms with Crippen LogP contribution in [0.15, 0.2) is 41.4 Å². The number of carbonyl (C=O) groups excluding carboxylic acids is 2. The first kappa shape index (κ1) is 24.3. The van der Waals surface area contributed by atoms with Crippen molar-refractivity contribution in [3.8, 4) is 0 Å². The standard InChI is InChI=1S/C23H28FN3O2S.O2/c1-25-13-10-21-22(25)20(28)9-16-27(30-21)12-2-11-26-14-7-18(8-15-26)23(29)17-3-5-19(24)6-4-17;1-2/h3-6,10,13,18H,2,7-9,11-12,14-16H2,1H3;. The molecule has 0 atom stereocenters. The molecule has 0 saturated carbocycles. The van der Waals surface area contributed by atoms with Gasteiger partial charge in [-0.2, -0.15) is 0 Å². The summed E-state index contributed by atoms with van der Waals surface area (Å²) in [6.45, 7) is 4.58. The number of nitrogens with zero attached hydrogens (tertiary/aromatic N) is 3. The summed E-state index contributed by atoms with van der Waals surface area (Å²) in [5, 5.41) is 0. The SMILES string of the molecule is Cn1ccc2c1C(=O)CCN(CCCN1CCC(C(=O)c3ccc(F)cc3)CC1)S2.O=O. The van der Waals surface area contributed by atoms with Gasteiger partial charge in [0.2, 0.25) is 0 Å². The van der Waals surface area contributed by atoms with E-state index in [4.69, 9.17) is 9.93 Å². The second-order valence-corrected chi connectivity index (χ2v) is 9.31. The van der Waals surface area contributed by atoms with Gasteiger partial charge in [-0.15, -0.1) is 0 Å². The molecule has 2 aliphatic rings. The molecule has 2 aliphatic heterocycles. The highest BCUT2D eigenvalue weighted by atomic mass is 32.2. The van der Waals surface area contributed by atoms with Crippen molar-refractivity contribution in [1.82, 2.24) is 13.8 Å². The third-order valence-electron chi connectivity index (χ3n) is 6.08. The Hall–Kier alpha value is -2.36. The molecule has 1 saturated heterocycles. The van der Waals surface area contributed by atoms with E-state index in [9.17, 15) is 14.0 Å². The van der Waals surface area contributed by atoms with Crippen LogP contribution in [0.3, 0.4) is 0 Å². The van der Waals surface area contributed by atoms with Gasteiger partial charge in [0.05, 0.1) is 10.6 Å². The average Bonchev–Trinajstić information content (AvgIpc) is 3.10. The van der Waals surface area contributed by atoms with Crippen molar-refractivity contribution in [2.45, 2.75) is 30.6 Å². The number of ketones is 2. The fourth-order valence-electron chi connectivity index (χ4n) is 4.34. The van der Waals surface area contributed by atoms with Crippen LogP contribution in [-0.2, 0) is 7.05 Å². The Labute approximate surface area is 191 Å². The molecule has 0 radical (unpaired) electrons. The van der Waals surface area contributed by atoms with Gasteiger partial charge in [-0.3, -0.25) is 9.59 Å². The van der Waals surface area contributed by atoms with Gasteiger partial charge < -0.3 is 9.47 Å². The van der Waals surface area contributed by atoms with E-state index in [-0.39, 0.29) is 23.3 Å². The largest absolute Gasteiger partial charge is 0.347 e. The lowest BCUT2D eigenvalue weighted by Crippen LogP contribution is -2.37. The number of rotatable bonds is 6. The molecule has 0 aliphatic carbocycles. The number of hydrogen-bond donors (Lipinski definition) is 0. The Morgan fingerprint density at radius 1 is 1.06 bits per heavy atom. The maximum Gasteiger partial charge on any atom is 0.181 e. The molecule has 3 heterocycles. The molecule has 0 amide bonds. The zero-order chi connectivity index (χ0) is 23.1. The zero-order valence-electron chi connectivity index (χ0n) is 18.2. The summed E-state index contributed by atoms with van der Waals surface area (Å²) in [6, 6.07) is 7.92. The second-order valence-electron chi connectivity index (χ2n) is 8.17. The minimum absolute atomic E-state index is 0.0374. The van der Waals surface area contributed by atoms with Crippen molar-refractivity contribution < 1.29 is 14.0 Å². The van der Waals surface area contributed by atoms with E-state index in [1.807, 2.05) is 23.9 Å². The molecule has 0 unspecified atom stereocenters. The van der Waals surface area contributed by atoms with Crippen molar-refractivity contribution in [2.24, 2.45) is 13.0 Å². The lowest BCUT2D eigenvalue weighted by atomic mass is 9.89. The predicted octanol–water partition coefficient (Wildman–Crippen LogP) is 4.11. The molecule has 0 spiro atoms. The van der Waals surface area contributed by atoms with Crippen LogP contribution >= 0.6 is 11.9 Å². The molecule has 2 aromatic rings. The fourth-order valence-corrected chi connectivity index (χ4v) is 5.49. The number of Topliss-reactive ketones (excluding diaryl/α,β-unsaturated/α-hetero) is 2. The minimum atomic E-state index is -0.309. The second kappa shape index (κ2) is 11.5. The highest BCUT2D eigenvalue weighted by molar-refractivity contribution is 7.97. The number of likely N-dealkylation sites (tertiary alicyclic amines) is 1. The smallest absolute Gasteiger partial charge is 0.181 e. The number of carbonyl (C=O) groups is 2. The summed E-state index contributed by atoms with van der Waals surface area (Å²) < 4.78 is 17.3. The van der Waals surface area contributed by atoms with E-state index in [1.165, 1.54) is 12.1 Å². The van der Waals surface area contributed by atoms with Gasteiger partial charge in [-0.05, 0) is 81.2 Å². The maximum atomic E-state index is 13.1. The molecule has 7 nitrogen and oxygen atoms in total. The van der Waals surface area contributed by atoms with Gasteiger partial charge >= 0.3 is 0 Å². The fraction of sp³-hybridized carbons (Fsp3) is 0.478. The monoisotopic (exact) mass is 461 g/mol. The molecule has 1 aromatic carbocycles. The highest BCUT2D eigenvalue weighted by Crippen LogP contribution is 2.31. The Morgan fingerprint density at radius 3 is 2.44 bits per heavy atom. The van der Waals surface area contributed by atoms with E-state index in [2.05, 4.69) is 9.21 Å². The Balaban J connectivity index is 0.00000141. The lowest BCUT2D eigenvalue weighted by molar-refractivity contribution is 0.0837. The van der Waals surface area contributed by atoms with Gasteiger partial charge in [0.25, 0.3) is 0 Å². The molecule has 1 fully saturated rings. The number of fused-ring (bicyclic) bond motifs is 1. The normalized spacial score (nSPS) is 17.9. The lowest BCUT2D eigenvalue weighted by Gasteiger charge is -2.31. The van der Waals surface area contributed by atoms with Gasteiger partial charge in [0.15, 0.2) is 11.6 Å². The third-order valence-corrected chi connectivity index (χ3v) is 7.23. The maximum absolute atomic E-state index is 13.1. The van der Waals surface area contributed by atoms with Crippen molar-refractivity contribution >= 4 is 23.5 Å². The average molecular weight is 462 g/mol. The predicted molar refractivity (Wildman–Crippen MR) is 123 cm³/mol. The van der Waals surface area contributed by atoms with Gasteiger partial charge in [0, 0.05) is 54.2 Å². The van der Waals surface area contributed by atoms with Gasteiger partial charge in [-0.1, -0.05) is 0 Å². The molecule has 9 heteroatoms. The van der Waals surface area contributed by atoms with Crippen molar-refractivity contribution in [3.63, 3.8) is 0 Å².